The van der Waals surface area contributed by atoms with Crippen LogP contribution in [0.2, 0.25) is 0 Å². The fourth-order valence-corrected chi connectivity index (χ4v) is 2.32. The van der Waals surface area contributed by atoms with Gasteiger partial charge in [0.2, 0.25) is 0 Å². The minimum Gasteiger partial charge on any atom is -0.493 e. The van der Waals surface area contributed by atoms with E-state index in [-0.39, 0.29) is 5.56 Å². The fourth-order valence-electron chi connectivity index (χ4n) is 2.32. The molecule has 2 aromatic carbocycles. The normalized spacial score (nSPS) is 15.0. The minimum atomic E-state index is -0.987. The molecular formula is C15H13FO2. The van der Waals surface area contributed by atoms with Crippen LogP contribution in [0.15, 0.2) is 42.5 Å². The van der Waals surface area contributed by atoms with Gasteiger partial charge in [0.05, 0.1) is 6.61 Å². The summed E-state index contributed by atoms with van der Waals surface area (Å²) in [5.41, 5.74) is 1.99. The molecule has 92 valence electrons. The first-order valence-corrected chi connectivity index (χ1v) is 5.94. The van der Waals surface area contributed by atoms with Gasteiger partial charge in [0, 0.05) is 17.5 Å². The van der Waals surface area contributed by atoms with Crippen LogP contribution in [0, 0.1) is 5.82 Å². The molecule has 2 aromatic rings. The summed E-state index contributed by atoms with van der Waals surface area (Å²) >= 11 is 0. The summed E-state index contributed by atoms with van der Waals surface area (Å²) in [6, 6.07) is 11.9. The van der Waals surface area contributed by atoms with Crippen LogP contribution in [0.3, 0.4) is 0 Å². The van der Waals surface area contributed by atoms with Crippen molar-refractivity contribution in [1.29, 1.82) is 0 Å². The SMILES string of the molecule is OC(c1ccccc1F)c1cccc2c1OCC2. The Morgan fingerprint density at radius 1 is 1.06 bits per heavy atom. The van der Waals surface area contributed by atoms with Gasteiger partial charge in [-0.15, -0.1) is 0 Å². The molecule has 0 bridgehead atoms. The zero-order chi connectivity index (χ0) is 12.5. The second-order valence-corrected chi connectivity index (χ2v) is 4.36. The highest BCUT2D eigenvalue weighted by Gasteiger charge is 2.23. The highest BCUT2D eigenvalue weighted by atomic mass is 19.1. The van der Waals surface area contributed by atoms with Gasteiger partial charge < -0.3 is 9.84 Å². The maximum atomic E-state index is 13.7. The van der Waals surface area contributed by atoms with Crippen LogP contribution in [-0.2, 0) is 6.42 Å². The highest BCUT2D eigenvalue weighted by molar-refractivity contribution is 5.47. The number of ether oxygens (including phenoxy) is 1. The molecule has 1 N–H and O–H groups in total. The molecule has 0 saturated carbocycles. The molecule has 3 rings (SSSR count). The van der Waals surface area contributed by atoms with Crippen LogP contribution in [0.1, 0.15) is 22.8 Å². The van der Waals surface area contributed by atoms with E-state index in [1.54, 1.807) is 24.3 Å². The number of benzene rings is 2. The Morgan fingerprint density at radius 3 is 2.67 bits per heavy atom. The predicted octanol–water partition coefficient (Wildman–Crippen LogP) is 2.84. The third kappa shape index (κ3) is 1.77. The molecule has 0 radical (unpaired) electrons. The first kappa shape index (κ1) is 11.2. The summed E-state index contributed by atoms with van der Waals surface area (Å²) in [6.07, 6.45) is -0.146. The summed E-state index contributed by atoms with van der Waals surface area (Å²) in [4.78, 5) is 0. The van der Waals surface area contributed by atoms with E-state index in [4.69, 9.17) is 4.74 Å². The average Bonchev–Trinajstić information content (AvgIpc) is 2.86. The standard InChI is InChI=1S/C15H13FO2/c16-13-7-2-1-5-11(13)14(17)12-6-3-4-10-8-9-18-15(10)12/h1-7,14,17H,8-9H2. The van der Waals surface area contributed by atoms with E-state index in [0.717, 1.165) is 12.0 Å². The third-order valence-corrected chi connectivity index (χ3v) is 3.24. The molecule has 0 aliphatic carbocycles. The fraction of sp³-hybridized carbons (Fsp3) is 0.200. The highest BCUT2D eigenvalue weighted by Crippen LogP contribution is 2.36. The summed E-state index contributed by atoms with van der Waals surface area (Å²) < 4.78 is 19.2. The van der Waals surface area contributed by atoms with Crippen LogP contribution in [0.5, 0.6) is 5.75 Å². The van der Waals surface area contributed by atoms with Crippen molar-refractivity contribution >= 4 is 0 Å². The average molecular weight is 244 g/mol. The van der Waals surface area contributed by atoms with Crippen molar-refractivity contribution < 1.29 is 14.2 Å². The number of hydrogen-bond acceptors (Lipinski definition) is 2. The van der Waals surface area contributed by atoms with Gasteiger partial charge in [-0.1, -0.05) is 36.4 Å². The molecule has 1 atom stereocenters. The maximum absolute atomic E-state index is 13.7. The van der Waals surface area contributed by atoms with Crippen molar-refractivity contribution in [2.24, 2.45) is 0 Å². The molecule has 0 spiro atoms. The first-order chi connectivity index (χ1) is 8.77. The lowest BCUT2D eigenvalue weighted by Crippen LogP contribution is -2.04. The summed E-state index contributed by atoms with van der Waals surface area (Å²) in [5.74, 6) is 0.300. The van der Waals surface area contributed by atoms with E-state index in [2.05, 4.69) is 0 Å². The Hall–Kier alpha value is -1.87. The summed E-state index contributed by atoms with van der Waals surface area (Å²) in [7, 11) is 0. The summed E-state index contributed by atoms with van der Waals surface area (Å²) in [6.45, 7) is 0.621. The van der Waals surface area contributed by atoms with E-state index in [1.807, 2.05) is 12.1 Å². The molecule has 18 heavy (non-hydrogen) atoms. The van der Waals surface area contributed by atoms with E-state index in [1.165, 1.54) is 6.07 Å². The quantitative estimate of drug-likeness (QED) is 0.880. The number of hydrogen-bond donors (Lipinski definition) is 1. The number of aliphatic hydroxyl groups is 1. The van der Waals surface area contributed by atoms with E-state index < -0.39 is 11.9 Å². The van der Waals surface area contributed by atoms with Crippen molar-refractivity contribution in [3.8, 4) is 5.75 Å². The van der Waals surface area contributed by atoms with E-state index in [0.29, 0.717) is 17.9 Å². The van der Waals surface area contributed by atoms with Gasteiger partial charge in [-0.05, 0) is 11.6 Å². The van der Waals surface area contributed by atoms with Gasteiger partial charge in [-0.3, -0.25) is 0 Å². The van der Waals surface area contributed by atoms with Gasteiger partial charge in [0.25, 0.3) is 0 Å². The van der Waals surface area contributed by atoms with Crippen LogP contribution in [0.25, 0.3) is 0 Å². The Morgan fingerprint density at radius 2 is 1.83 bits per heavy atom. The molecule has 2 nitrogen and oxygen atoms in total. The Bertz CT molecular complexity index is 580. The van der Waals surface area contributed by atoms with Crippen LogP contribution >= 0.6 is 0 Å². The number of aliphatic hydroxyl groups excluding tert-OH is 1. The van der Waals surface area contributed by atoms with Gasteiger partial charge in [0.15, 0.2) is 0 Å². The molecule has 1 heterocycles. The third-order valence-electron chi connectivity index (χ3n) is 3.24. The maximum Gasteiger partial charge on any atom is 0.129 e. The van der Waals surface area contributed by atoms with Crippen LogP contribution in [0.4, 0.5) is 4.39 Å². The van der Waals surface area contributed by atoms with E-state index in [9.17, 15) is 9.50 Å². The lowest BCUT2D eigenvalue weighted by Gasteiger charge is -2.15. The first-order valence-electron chi connectivity index (χ1n) is 5.94. The second-order valence-electron chi connectivity index (χ2n) is 4.36. The smallest absolute Gasteiger partial charge is 0.129 e. The van der Waals surface area contributed by atoms with Gasteiger partial charge in [-0.25, -0.2) is 4.39 Å². The topological polar surface area (TPSA) is 29.5 Å². The number of para-hydroxylation sites is 1. The molecular weight excluding hydrogens is 231 g/mol. The van der Waals surface area contributed by atoms with Gasteiger partial charge >= 0.3 is 0 Å². The van der Waals surface area contributed by atoms with Gasteiger partial charge in [0.1, 0.15) is 17.7 Å². The second kappa shape index (κ2) is 4.42. The Balaban J connectivity index is 2.06. The number of halogens is 1. The monoisotopic (exact) mass is 244 g/mol. The lowest BCUT2D eigenvalue weighted by atomic mass is 9.98. The van der Waals surface area contributed by atoms with Crippen LogP contribution < -0.4 is 4.74 Å². The molecule has 0 amide bonds. The predicted molar refractivity (Wildman–Crippen MR) is 66.1 cm³/mol. The lowest BCUT2D eigenvalue weighted by molar-refractivity contribution is 0.208. The minimum absolute atomic E-state index is 0.279. The molecule has 0 saturated heterocycles. The van der Waals surface area contributed by atoms with Crippen molar-refractivity contribution in [3.05, 3.63) is 65.0 Å². The molecule has 3 heteroatoms. The van der Waals surface area contributed by atoms with Gasteiger partial charge in [-0.2, -0.15) is 0 Å². The number of fused-ring (bicyclic) bond motifs is 1. The van der Waals surface area contributed by atoms with E-state index >= 15 is 0 Å². The number of rotatable bonds is 2. The molecule has 1 aliphatic rings. The zero-order valence-corrected chi connectivity index (χ0v) is 9.77. The molecule has 0 fully saturated rings. The van der Waals surface area contributed by atoms with Crippen molar-refractivity contribution in [2.75, 3.05) is 6.61 Å². The summed E-state index contributed by atoms with van der Waals surface area (Å²) in [5, 5.41) is 10.3. The molecule has 1 unspecified atom stereocenters. The largest absolute Gasteiger partial charge is 0.493 e. The van der Waals surface area contributed by atoms with Crippen molar-refractivity contribution in [3.63, 3.8) is 0 Å². The van der Waals surface area contributed by atoms with Crippen molar-refractivity contribution in [1.82, 2.24) is 0 Å². The van der Waals surface area contributed by atoms with Crippen molar-refractivity contribution in [2.45, 2.75) is 12.5 Å². The molecule has 0 aromatic heterocycles. The van der Waals surface area contributed by atoms with Crippen LogP contribution in [-0.4, -0.2) is 11.7 Å². The Kier molecular flexibility index (Phi) is 2.76. The Labute approximate surface area is 105 Å². The molecule has 1 aliphatic heterocycles. The zero-order valence-electron chi connectivity index (χ0n) is 9.77.